The number of aliphatic hydroxyl groups excluding tert-OH is 1. The van der Waals surface area contributed by atoms with Gasteiger partial charge < -0.3 is 34.9 Å². The van der Waals surface area contributed by atoms with Crippen LogP contribution < -0.4 is 0 Å². The quantitative estimate of drug-likeness (QED) is 0.241. The van der Waals surface area contributed by atoms with E-state index in [0.717, 1.165) is 0 Å². The van der Waals surface area contributed by atoms with E-state index in [-0.39, 0.29) is 6.42 Å². The highest BCUT2D eigenvalue weighted by molar-refractivity contribution is 7.55. The lowest BCUT2D eigenvalue weighted by atomic mass is 9.95. The van der Waals surface area contributed by atoms with Gasteiger partial charge >= 0.3 is 27.1 Å². The number of hydrogen-bond acceptors (Lipinski definition) is 5. The number of aliphatic carboxylic acids is 2. The van der Waals surface area contributed by atoms with Crippen LogP contribution in [0, 0.1) is 5.92 Å². The predicted molar refractivity (Wildman–Crippen MR) is 66.7 cm³/mol. The highest BCUT2D eigenvalue weighted by atomic mass is 31.2. The molecule has 0 spiro atoms. The van der Waals surface area contributed by atoms with Crippen LogP contribution in [0.1, 0.15) is 12.8 Å². The van der Waals surface area contributed by atoms with Crippen molar-refractivity contribution in [2.24, 2.45) is 5.92 Å². The average molecular weight is 350 g/mol. The molecule has 0 fully saturated rings. The largest absolute Gasteiger partial charge is 0.481 e. The Morgan fingerprint density at radius 3 is 1.38 bits per heavy atom. The molecule has 0 rings (SSSR count). The maximum absolute atomic E-state index is 11.2. The Labute approximate surface area is 118 Å². The van der Waals surface area contributed by atoms with E-state index >= 15 is 0 Å². The summed E-state index contributed by atoms with van der Waals surface area (Å²) >= 11 is 0. The summed E-state index contributed by atoms with van der Waals surface area (Å²) in [5.41, 5.74) is -5.20. The van der Waals surface area contributed by atoms with Gasteiger partial charge in [-0.05, 0) is 12.8 Å². The second-order valence-corrected chi connectivity index (χ2v) is 7.74. The van der Waals surface area contributed by atoms with E-state index in [1.54, 1.807) is 0 Å². The van der Waals surface area contributed by atoms with E-state index in [0.29, 0.717) is 0 Å². The predicted octanol–water partition coefficient (Wildman–Crippen LogP) is -1.36. The third kappa shape index (κ3) is 5.84. The molecule has 2 atom stereocenters. The molecule has 0 aromatic carbocycles. The minimum absolute atomic E-state index is 0.280. The Bertz CT molecular complexity index is 437. The molecule has 0 aromatic rings. The van der Waals surface area contributed by atoms with Gasteiger partial charge in [-0.15, -0.1) is 0 Å². The third-order valence-corrected chi connectivity index (χ3v) is 5.39. The molecule has 0 aliphatic carbocycles. The lowest BCUT2D eigenvalue weighted by Crippen LogP contribution is -2.41. The Balaban J connectivity index is 5.94. The number of aliphatic hydroxyl groups is 1. The van der Waals surface area contributed by atoms with Crippen molar-refractivity contribution in [1.29, 1.82) is 0 Å². The first-order valence-electron chi connectivity index (χ1n) is 5.51. The van der Waals surface area contributed by atoms with Crippen LogP contribution in [0.15, 0.2) is 0 Å². The molecule has 7 N–H and O–H groups in total. The first-order chi connectivity index (χ1) is 9.34. The summed E-state index contributed by atoms with van der Waals surface area (Å²) < 4.78 is 22.5. The summed E-state index contributed by atoms with van der Waals surface area (Å²) in [6.45, 7) is -0.572. The van der Waals surface area contributed by atoms with E-state index in [9.17, 15) is 18.7 Å². The molecule has 0 aliphatic rings. The zero-order valence-electron chi connectivity index (χ0n) is 10.5. The summed E-state index contributed by atoms with van der Waals surface area (Å²) in [5, 5.41) is 26.4. The van der Waals surface area contributed by atoms with Crippen molar-refractivity contribution in [3.05, 3.63) is 0 Å². The van der Waals surface area contributed by atoms with Gasteiger partial charge in [0, 0.05) is 12.5 Å². The average Bonchev–Trinajstić information content (AvgIpc) is 2.20. The highest BCUT2D eigenvalue weighted by Gasteiger charge is 2.53. The first-order valence-corrected chi connectivity index (χ1v) is 8.87. The molecule has 0 heterocycles. The van der Waals surface area contributed by atoms with Gasteiger partial charge in [0.1, 0.15) is 0 Å². The standard InChI is InChI=1S/C8H16O11P2/c9-3-1-2-4(5(7(10)11)20(14,15)16)6(8(12)13)21(17,18)19/h4-6,9H,1-3H2,(H,10,11)(H,12,13)(H2,14,15,16)(H2,17,18,19). The lowest BCUT2D eigenvalue weighted by molar-refractivity contribution is -0.140. The normalized spacial score (nSPS) is 17.0. The summed E-state index contributed by atoms with van der Waals surface area (Å²) in [6, 6.07) is 0. The summed E-state index contributed by atoms with van der Waals surface area (Å²) in [4.78, 5) is 58.2. The summed E-state index contributed by atoms with van der Waals surface area (Å²) in [7, 11) is -10.8. The molecule has 2 unspecified atom stereocenters. The molecule has 0 aliphatic heterocycles. The molecular weight excluding hydrogens is 334 g/mol. The van der Waals surface area contributed by atoms with E-state index in [1.165, 1.54) is 0 Å². The molecule has 0 saturated carbocycles. The van der Waals surface area contributed by atoms with Gasteiger partial charge in [-0.25, -0.2) is 0 Å². The van der Waals surface area contributed by atoms with Crippen LogP contribution in [0.5, 0.6) is 0 Å². The zero-order valence-corrected chi connectivity index (χ0v) is 12.3. The van der Waals surface area contributed by atoms with Crippen molar-refractivity contribution in [1.82, 2.24) is 0 Å². The number of carboxylic acid groups (broad SMARTS) is 2. The Hall–Kier alpha value is -0.800. The smallest absolute Gasteiger partial charge is 0.340 e. The summed E-state index contributed by atoms with van der Waals surface area (Å²) in [5.74, 6) is -6.20. The second kappa shape index (κ2) is 7.46. The maximum atomic E-state index is 11.2. The third-order valence-electron chi connectivity index (χ3n) is 2.74. The molecule has 21 heavy (non-hydrogen) atoms. The van der Waals surface area contributed by atoms with Crippen LogP contribution in [-0.4, -0.2) is 64.8 Å². The molecule has 0 saturated heterocycles. The molecule has 0 aromatic heterocycles. The summed E-state index contributed by atoms with van der Waals surface area (Å²) in [6.07, 6.45) is -0.876. The zero-order chi connectivity index (χ0) is 17.0. The van der Waals surface area contributed by atoms with E-state index in [4.69, 9.17) is 34.9 Å². The fourth-order valence-corrected chi connectivity index (χ4v) is 4.32. The Kier molecular flexibility index (Phi) is 7.17. The van der Waals surface area contributed by atoms with Crippen molar-refractivity contribution < 1.29 is 53.6 Å². The molecule has 124 valence electrons. The van der Waals surface area contributed by atoms with Crippen LogP contribution in [0.2, 0.25) is 0 Å². The SMILES string of the molecule is O=C(O)C(C(CCCO)C(C(=O)O)P(=O)(O)O)P(=O)(O)O. The van der Waals surface area contributed by atoms with Gasteiger partial charge in [-0.1, -0.05) is 0 Å². The second-order valence-electron chi connectivity index (χ2n) is 4.27. The molecule has 13 heteroatoms. The fourth-order valence-electron chi connectivity index (χ4n) is 1.97. The van der Waals surface area contributed by atoms with Gasteiger partial charge in [-0.3, -0.25) is 18.7 Å². The topological polar surface area (TPSA) is 210 Å². The van der Waals surface area contributed by atoms with Gasteiger partial charge in [0.25, 0.3) is 0 Å². The van der Waals surface area contributed by atoms with Crippen LogP contribution in [-0.2, 0) is 18.7 Å². The van der Waals surface area contributed by atoms with Crippen LogP contribution in [0.25, 0.3) is 0 Å². The number of carboxylic acids is 2. The Morgan fingerprint density at radius 1 is 0.857 bits per heavy atom. The van der Waals surface area contributed by atoms with Crippen molar-refractivity contribution in [2.75, 3.05) is 6.61 Å². The van der Waals surface area contributed by atoms with Crippen LogP contribution in [0.3, 0.4) is 0 Å². The number of rotatable bonds is 9. The van der Waals surface area contributed by atoms with Crippen molar-refractivity contribution >= 4 is 27.1 Å². The lowest BCUT2D eigenvalue weighted by Gasteiger charge is -2.29. The Morgan fingerprint density at radius 2 is 1.19 bits per heavy atom. The van der Waals surface area contributed by atoms with Gasteiger partial charge in [0.15, 0.2) is 11.3 Å². The van der Waals surface area contributed by atoms with Crippen molar-refractivity contribution in [3.8, 4) is 0 Å². The van der Waals surface area contributed by atoms with E-state index in [1.807, 2.05) is 0 Å². The van der Waals surface area contributed by atoms with Crippen LogP contribution >= 0.6 is 15.2 Å². The van der Waals surface area contributed by atoms with Crippen molar-refractivity contribution in [2.45, 2.75) is 24.2 Å². The number of hydrogen-bond donors (Lipinski definition) is 7. The minimum atomic E-state index is -5.38. The molecule has 11 nitrogen and oxygen atoms in total. The van der Waals surface area contributed by atoms with Gasteiger partial charge in [-0.2, -0.15) is 0 Å². The molecule has 0 amide bonds. The maximum Gasteiger partial charge on any atom is 0.340 e. The minimum Gasteiger partial charge on any atom is -0.481 e. The van der Waals surface area contributed by atoms with E-state index < -0.39 is 57.4 Å². The first kappa shape index (κ1) is 20.2. The molecule has 0 radical (unpaired) electrons. The van der Waals surface area contributed by atoms with Gasteiger partial charge in [0.2, 0.25) is 0 Å². The molecular formula is C8H16O11P2. The van der Waals surface area contributed by atoms with E-state index in [2.05, 4.69) is 0 Å². The number of carbonyl (C=O) groups is 2. The monoisotopic (exact) mass is 350 g/mol. The van der Waals surface area contributed by atoms with Crippen molar-refractivity contribution in [3.63, 3.8) is 0 Å². The highest BCUT2D eigenvalue weighted by Crippen LogP contribution is 2.54. The van der Waals surface area contributed by atoms with Gasteiger partial charge in [0.05, 0.1) is 0 Å². The molecule has 0 bridgehead atoms. The van der Waals surface area contributed by atoms with Crippen LogP contribution in [0.4, 0.5) is 0 Å². The fraction of sp³-hybridized carbons (Fsp3) is 0.750.